The Morgan fingerprint density at radius 2 is 1.71 bits per heavy atom. The van der Waals surface area contributed by atoms with Gasteiger partial charge in [-0.05, 0) is 42.5 Å². The van der Waals surface area contributed by atoms with Crippen molar-refractivity contribution in [3.63, 3.8) is 0 Å². The molecule has 0 aliphatic rings. The van der Waals surface area contributed by atoms with Crippen LogP contribution in [0.15, 0.2) is 42.5 Å². The fourth-order valence-electron chi connectivity index (χ4n) is 1.91. The third-order valence-electron chi connectivity index (χ3n) is 2.90. The Kier molecular flexibility index (Phi) is 3.61. The van der Waals surface area contributed by atoms with Gasteiger partial charge in [-0.25, -0.2) is 8.78 Å². The summed E-state index contributed by atoms with van der Waals surface area (Å²) >= 11 is 7.32. The minimum atomic E-state index is -0.410. The molecule has 3 rings (SSSR count). The van der Waals surface area contributed by atoms with E-state index < -0.39 is 11.7 Å². The smallest absolute Gasteiger partial charge is 0.267 e. The third-order valence-corrected chi connectivity index (χ3v) is 4.57. The van der Waals surface area contributed by atoms with Crippen LogP contribution >= 0.6 is 22.9 Å². The minimum absolute atomic E-state index is 0.217. The molecule has 21 heavy (non-hydrogen) atoms. The minimum Gasteiger partial charge on any atom is -0.321 e. The number of anilines is 1. The maximum atomic E-state index is 13.2. The summed E-state index contributed by atoms with van der Waals surface area (Å²) in [6, 6.07) is 9.59. The molecule has 1 N–H and O–H groups in total. The monoisotopic (exact) mass is 323 g/mol. The van der Waals surface area contributed by atoms with Crippen LogP contribution in [0.25, 0.3) is 10.1 Å². The lowest BCUT2D eigenvalue weighted by Gasteiger charge is -2.03. The molecule has 106 valence electrons. The molecule has 2 aromatic carbocycles. The van der Waals surface area contributed by atoms with Gasteiger partial charge in [0.2, 0.25) is 0 Å². The molecule has 0 spiro atoms. The number of halogens is 3. The van der Waals surface area contributed by atoms with Gasteiger partial charge < -0.3 is 5.32 Å². The number of carbonyl (C=O) groups is 1. The Balaban J connectivity index is 1.94. The second kappa shape index (κ2) is 5.42. The molecule has 0 unspecified atom stereocenters. The van der Waals surface area contributed by atoms with Gasteiger partial charge in [-0.3, -0.25) is 4.79 Å². The molecular formula is C15H8ClF2NOS. The van der Waals surface area contributed by atoms with Crippen LogP contribution in [0.2, 0.25) is 5.02 Å². The van der Waals surface area contributed by atoms with Crippen LogP contribution < -0.4 is 5.32 Å². The second-order valence-corrected chi connectivity index (χ2v) is 5.78. The summed E-state index contributed by atoms with van der Waals surface area (Å²) in [5, 5.41) is 3.35. The van der Waals surface area contributed by atoms with E-state index in [4.69, 9.17) is 11.6 Å². The average molecular weight is 324 g/mol. The van der Waals surface area contributed by atoms with Gasteiger partial charge in [0.25, 0.3) is 5.91 Å². The van der Waals surface area contributed by atoms with E-state index in [1.807, 2.05) is 0 Å². The Morgan fingerprint density at radius 3 is 2.43 bits per heavy atom. The Bertz CT molecular complexity index is 830. The highest BCUT2D eigenvalue weighted by molar-refractivity contribution is 7.21. The molecule has 0 saturated heterocycles. The van der Waals surface area contributed by atoms with E-state index >= 15 is 0 Å². The number of fused-ring (bicyclic) bond motifs is 1. The SMILES string of the molecule is O=C(Nc1ccc(F)cc1)c1sc2ccc(F)cc2c1Cl. The molecule has 3 aromatic rings. The quantitative estimate of drug-likeness (QED) is 0.699. The molecule has 0 fully saturated rings. The summed E-state index contributed by atoms with van der Waals surface area (Å²) in [6.07, 6.45) is 0. The van der Waals surface area contributed by atoms with Gasteiger partial charge in [-0.2, -0.15) is 0 Å². The van der Waals surface area contributed by atoms with E-state index in [0.29, 0.717) is 16.0 Å². The lowest BCUT2D eigenvalue weighted by Crippen LogP contribution is -2.10. The summed E-state index contributed by atoms with van der Waals surface area (Å²) in [4.78, 5) is 12.5. The van der Waals surface area contributed by atoms with Crippen molar-refractivity contribution in [2.45, 2.75) is 0 Å². The van der Waals surface area contributed by atoms with Crippen molar-refractivity contribution in [3.05, 3.63) is 64.0 Å². The van der Waals surface area contributed by atoms with Crippen LogP contribution in [0, 0.1) is 11.6 Å². The van der Waals surface area contributed by atoms with Crippen LogP contribution in [0.3, 0.4) is 0 Å². The second-order valence-electron chi connectivity index (χ2n) is 4.35. The first-order chi connectivity index (χ1) is 10.0. The van der Waals surface area contributed by atoms with E-state index in [0.717, 1.165) is 4.70 Å². The van der Waals surface area contributed by atoms with Gasteiger partial charge in [-0.1, -0.05) is 11.6 Å². The van der Waals surface area contributed by atoms with Gasteiger partial charge in [-0.15, -0.1) is 11.3 Å². The summed E-state index contributed by atoms with van der Waals surface area (Å²) < 4.78 is 26.8. The van der Waals surface area contributed by atoms with Gasteiger partial charge in [0.05, 0.1) is 5.02 Å². The fraction of sp³-hybridized carbons (Fsp3) is 0. The van der Waals surface area contributed by atoms with Crippen molar-refractivity contribution in [2.24, 2.45) is 0 Å². The van der Waals surface area contributed by atoms with Crippen molar-refractivity contribution in [3.8, 4) is 0 Å². The number of amides is 1. The molecule has 1 aromatic heterocycles. The van der Waals surface area contributed by atoms with E-state index in [2.05, 4.69) is 5.32 Å². The zero-order valence-corrected chi connectivity index (χ0v) is 12.1. The maximum Gasteiger partial charge on any atom is 0.267 e. The zero-order valence-electron chi connectivity index (χ0n) is 10.5. The highest BCUT2D eigenvalue weighted by Crippen LogP contribution is 2.36. The van der Waals surface area contributed by atoms with Crippen molar-refractivity contribution >= 4 is 44.6 Å². The lowest BCUT2D eigenvalue weighted by atomic mass is 10.2. The van der Waals surface area contributed by atoms with Crippen molar-refractivity contribution in [1.29, 1.82) is 0 Å². The topological polar surface area (TPSA) is 29.1 Å². The molecule has 0 atom stereocenters. The van der Waals surface area contributed by atoms with Gasteiger partial charge >= 0.3 is 0 Å². The van der Waals surface area contributed by atoms with Crippen LogP contribution in [-0.4, -0.2) is 5.91 Å². The molecule has 0 radical (unpaired) electrons. The van der Waals surface area contributed by atoms with Crippen LogP contribution in [0.5, 0.6) is 0 Å². The van der Waals surface area contributed by atoms with Crippen LogP contribution in [0.4, 0.5) is 14.5 Å². The first-order valence-electron chi connectivity index (χ1n) is 5.99. The van der Waals surface area contributed by atoms with Crippen LogP contribution in [-0.2, 0) is 0 Å². The molecule has 0 bridgehead atoms. The highest BCUT2D eigenvalue weighted by Gasteiger charge is 2.17. The average Bonchev–Trinajstić information content (AvgIpc) is 2.79. The number of nitrogens with one attached hydrogen (secondary N) is 1. The molecule has 0 saturated carbocycles. The van der Waals surface area contributed by atoms with E-state index in [-0.39, 0.29) is 10.8 Å². The predicted octanol–water partition coefficient (Wildman–Crippen LogP) is 5.09. The van der Waals surface area contributed by atoms with Crippen molar-refractivity contribution < 1.29 is 13.6 Å². The van der Waals surface area contributed by atoms with Gasteiger partial charge in [0, 0.05) is 15.8 Å². The van der Waals surface area contributed by atoms with Crippen LogP contribution in [0.1, 0.15) is 9.67 Å². The van der Waals surface area contributed by atoms with Gasteiger partial charge in [0.15, 0.2) is 0 Å². The standard InChI is InChI=1S/C15H8ClF2NOS/c16-13-11-7-9(18)3-6-12(11)21-14(13)15(20)19-10-4-1-8(17)2-5-10/h1-7H,(H,19,20). The summed E-state index contributed by atoms with van der Waals surface area (Å²) in [5.41, 5.74) is 0.459. The van der Waals surface area contributed by atoms with E-state index in [1.165, 1.54) is 47.7 Å². The molecule has 2 nitrogen and oxygen atoms in total. The zero-order chi connectivity index (χ0) is 15.0. The lowest BCUT2D eigenvalue weighted by molar-refractivity contribution is 0.103. The molecule has 0 aliphatic carbocycles. The first kappa shape index (κ1) is 14.0. The largest absolute Gasteiger partial charge is 0.321 e. The van der Waals surface area contributed by atoms with E-state index in [9.17, 15) is 13.6 Å². The first-order valence-corrected chi connectivity index (χ1v) is 7.18. The summed E-state index contributed by atoms with van der Waals surface area (Å²) in [7, 11) is 0. The number of hydrogen-bond donors (Lipinski definition) is 1. The highest BCUT2D eigenvalue weighted by atomic mass is 35.5. The fourth-order valence-corrected chi connectivity index (χ4v) is 3.29. The summed E-state index contributed by atoms with van der Waals surface area (Å²) in [6.45, 7) is 0. The number of thiophene rings is 1. The summed E-state index contributed by atoms with van der Waals surface area (Å²) in [5.74, 6) is -1.20. The number of benzene rings is 2. The Morgan fingerprint density at radius 1 is 1.05 bits per heavy atom. The number of hydrogen-bond acceptors (Lipinski definition) is 2. The number of rotatable bonds is 2. The van der Waals surface area contributed by atoms with Crippen molar-refractivity contribution in [2.75, 3.05) is 5.32 Å². The Labute approximate surface area is 128 Å². The van der Waals surface area contributed by atoms with E-state index in [1.54, 1.807) is 6.07 Å². The maximum absolute atomic E-state index is 13.2. The normalized spacial score (nSPS) is 10.8. The number of carbonyl (C=O) groups excluding carboxylic acids is 1. The molecular weight excluding hydrogens is 316 g/mol. The Hall–Kier alpha value is -1.98. The van der Waals surface area contributed by atoms with Crippen molar-refractivity contribution in [1.82, 2.24) is 0 Å². The molecule has 0 aliphatic heterocycles. The predicted molar refractivity (Wildman–Crippen MR) is 81.1 cm³/mol. The molecule has 1 amide bonds. The molecule has 6 heteroatoms. The third kappa shape index (κ3) is 2.75. The van der Waals surface area contributed by atoms with Gasteiger partial charge in [0.1, 0.15) is 16.5 Å². The molecule has 1 heterocycles.